The topological polar surface area (TPSA) is 160 Å². The highest BCUT2D eigenvalue weighted by Crippen LogP contribution is 2.54. The first-order valence-corrected chi connectivity index (χ1v) is 10.2. The molecule has 0 radical (unpaired) electrons. The van der Waals surface area contributed by atoms with E-state index in [1.165, 1.54) is 12.4 Å². The third-order valence-electron chi connectivity index (χ3n) is 6.19. The lowest BCUT2D eigenvalue weighted by Gasteiger charge is -2.24. The molecule has 1 aliphatic heterocycles. The number of anilines is 1. The Kier molecular flexibility index (Phi) is 4.28. The van der Waals surface area contributed by atoms with Gasteiger partial charge in [-0.1, -0.05) is 18.5 Å². The SMILES string of the molecule is CCc1[nH]c2nc(Oc3cncc(C#N)c3)nc(N3CC4C(C3)C4(N)C(N)=O)c2c1Cl. The lowest BCUT2D eigenvalue weighted by molar-refractivity contribution is -0.120. The zero-order valence-electron chi connectivity index (χ0n) is 16.6. The minimum atomic E-state index is -0.956. The van der Waals surface area contributed by atoms with Gasteiger partial charge in [-0.2, -0.15) is 15.2 Å². The van der Waals surface area contributed by atoms with Gasteiger partial charge in [0.1, 0.15) is 23.1 Å². The molecule has 5 N–H and O–H groups in total. The Balaban J connectivity index is 1.54. The molecule has 31 heavy (non-hydrogen) atoms. The summed E-state index contributed by atoms with van der Waals surface area (Å²) in [6.45, 7) is 3.05. The maximum atomic E-state index is 11.7. The molecule has 4 heterocycles. The Morgan fingerprint density at radius 1 is 1.42 bits per heavy atom. The number of carbonyl (C=O) groups excluding carboxylic acids is 1. The number of nitrogens with one attached hydrogen (secondary N) is 1. The number of ether oxygens (including phenoxy) is 1. The molecule has 1 amide bonds. The van der Waals surface area contributed by atoms with E-state index in [1.807, 2.05) is 17.9 Å². The van der Waals surface area contributed by atoms with Crippen LogP contribution in [0, 0.1) is 23.2 Å². The van der Waals surface area contributed by atoms with E-state index in [9.17, 15) is 4.79 Å². The number of hydrogen-bond donors (Lipinski definition) is 3. The average molecular weight is 439 g/mol. The van der Waals surface area contributed by atoms with E-state index in [-0.39, 0.29) is 17.8 Å². The number of rotatable bonds is 5. The Morgan fingerprint density at radius 2 is 2.16 bits per heavy atom. The number of hydrogen-bond acceptors (Lipinski definition) is 8. The highest BCUT2D eigenvalue weighted by molar-refractivity contribution is 6.37. The molecule has 0 spiro atoms. The van der Waals surface area contributed by atoms with Crippen molar-refractivity contribution in [2.24, 2.45) is 23.3 Å². The van der Waals surface area contributed by atoms with Crippen molar-refractivity contribution in [3.05, 3.63) is 34.7 Å². The quantitative estimate of drug-likeness (QED) is 0.539. The molecule has 10 nitrogen and oxygen atoms in total. The summed E-state index contributed by atoms with van der Waals surface area (Å²) in [6, 6.07) is 3.67. The van der Waals surface area contributed by atoms with E-state index in [0.29, 0.717) is 52.7 Å². The molecule has 5 rings (SSSR count). The standard InChI is InChI=1S/C20H19ClN8O2/c1-2-13-15(21)14-16(26-13)27-19(31-10-3-9(4-22)5-25-6-10)28-17(14)29-7-11-12(8-29)20(11,24)18(23)30/h3,5-6,11-12H,2,7-8,24H2,1H3,(H2,23,30)(H,26,27,28). The molecule has 2 atom stereocenters. The van der Waals surface area contributed by atoms with Crippen LogP contribution in [0.5, 0.6) is 11.8 Å². The van der Waals surface area contributed by atoms with Crippen molar-refractivity contribution >= 4 is 34.4 Å². The summed E-state index contributed by atoms with van der Waals surface area (Å²) in [5, 5.41) is 10.3. The number of nitrogens with zero attached hydrogens (tertiary/aromatic N) is 5. The number of amides is 1. The van der Waals surface area contributed by atoms with Crippen LogP contribution in [-0.2, 0) is 11.2 Å². The van der Waals surface area contributed by atoms with Crippen LogP contribution in [0.2, 0.25) is 5.02 Å². The number of aryl methyl sites for hydroxylation is 1. The first kappa shape index (κ1) is 19.5. The normalized spacial score (nSPS) is 24.1. The number of aromatic amines is 1. The number of primary amides is 1. The second-order valence-electron chi connectivity index (χ2n) is 7.86. The molecular formula is C20H19ClN8O2. The van der Waals surface area contributed by atoms with E-state index in [2.05, 4.69) is 19.9 Å². The smallest absolute Gasteiger partial charge is 0.326 e. The Hall–Kier alpha value is -3.42. The van der Waals surface area contributed by atoms with Crippen molar-refractivity contribution in [1.29, 1.82) is 5.26 Å². The van der Waals surface area contributed by atoms with Gasteiger partial charge >= 0.3 is 6.01 Å². The van der Waals surface area contributed by atoms with E-state index in [1.54, 1.807) is 6.07 Å². The van der Waals surface area contributed by atoms with Crippen LogP contribution in [0.4, 0.5) is 5.82 Å². The third kappa shape index (κ3) is 2.89. The van der Waals surface area contributed by atoms with E-state index < -0.39 is 11.4 Å². The summed E-state index contributed by atoms with van der Waals surface area (Å²) in [5.74, 6) is 0.413. The summed E-state index contributed by atoms with van der Waals surface area (Å²) < 4.78 is 5.80. The summed E-state index contributed by atoms with van der Waals surface area (Å²) in [6.07, 6.45) is 3.61. The number of carbonyl (C=O) groups is 1. The Labute approximate surface area is 182 Å². The fourth-order valence-corrected chi connectivity index (χ4v) is 4.79. The van der Waals surface area contributed by atoms with Gasteiger partial charge in [-0.25, -0.2) is 0 Å². The van der Waals surface area contributed by atoms with Gasteiger partial charge in [-0.3, -0.25) is 9.78 Å². The molecule has 2 unspecified atom stereocenters. The van der Waals surface area contributed by atoms with Gasteiger partial charge in [0.05, 0.1) is 22.2 Å². The molecule has 1 saturated carbocycles. The number of nitrogens with two attached hydrogens (primary N) is 2. The molecule has 0 aromatic carbocycles. The lowest BCUT2D eigenvalue weighted by atomic mass is 10.1. The molecule has 0 bridgehead atoms. The predicted octanol–water partition coefficient (Wildman–Crippen LogP) is 1.48. The van der Waals surface area contributed by atoms with Crippen molar-refractivity contribution in [2.75, 3.05) is 18.0 Å². The molecule has 2 aliphatic rings. The molecule has 3 aromatic heterocycles. The number of halogens is 1. The van der Waals surface area contributed by atoms with Crippen LogP contribution < -0.4 is 21.1 Å². The second-order valence-corrected chi connectivity index (χ2v) is 8.24. The van der Waals surface area contributed by atoms with Gasteiger partial charge in [-0.15, -0.1) is 0 Å². The van der Waals surface area contributed by atoms with Crippen LogP contribution >= 0.6 is 11.6 Å². The highest BCUT2D eigenvalue weighted by atomic mass is 35.5. The van der Waals surface area contributed by atoms with Crippen molar-refractivity contribution < 1.29 is 9.53 Å². The third-order valence-corrected chi connectivity index (χ3v) is 6.61. The van der Waals surface area contributed by atoms with Gasteiger partial charge in [-0.05, 0) is 6.42 Å². The second kappa shape index (κ2) is 6.80. The number of aromatic nitrogens is 4. The predicted molar refractivity (Wildman–Crippen MR) is 113 cm³/mol. The fourth-order valence-electron chi connectivity index (χ4n) is 4.44. The maximum absolute atomic E-state index is 11.7. The average Bonchev–Trinajstić information content (AvgIpc) is 3.09. The van der Waals surface area contributed by atoms with Crippen LogP contribution in [0.25, 0.3) is 11.0 Å². The highest BCUT2D eigenvalue weighted by Gasteiger charge is 2.70. The first-order valence-electron chi connectivity index (χ1n) is 9.81. The zero-order chi connectivity index (χ0) is 21.9. The molecule has 1 saturated heterocycles. The van der Waals surface area contributed by atoms with Crippen molar-refractivity contribution in [3.8, 4) is 17.8 Å². The van der Waals surface area contributed by atoms with E-state index >= 15 is 0 Å². The fraction of sp³-hybridized carbons (Fsp3) is 0.350. The van der Waals surface area contributed by atoms with E-state index in [4.69, 9.17) is 33.1 Å². The molecule has 11 heteroatoms. The molecule has 2 fully saturated rings. The van der Waals surface area contributed by atoms with Gasteiger partial charge < -0.3 is 26.1 Å². The van der Waals surface area contributed by atoms with Crippen LogP contribution in [0.1, 0.15) is 18.2 Å². The van der Waals surface area contributed by atoms with E-state index in [0.717, 1.165) is 5.69 Å². The largest absolute Gasteiger partial charge is 0.422 e. The van der Waals surface area contributed by atoms with Crippen molar-refractivity contribution in [2.45, 2.75) is 18.9 Å². The summed E-state index contributed by atoms with van der Waals surface area (Å²) in [5.41, 5.74) is 12.5. The van der Waals surface area contributed by atoms with Crippen molar-refractivity contribution in [1.82, 2.24) is 19.9 Å². The van der Waals surface area contributed by atoms with Crippen LogP contribution in [0.15, 0.2) is 18.5 Å². The number of piperidine rings is 1. The zero-order valence-corrected chi connectivity index (χ0v) is 17.3. The minimum Gasteiger partial charge on any atom is -0.422 e. The molecule has 158 valence electrons. The van der Waals surface area contributed by atoms with Gasteiger partial charge in [0, 0.05) is 42.9 Å². The molecule has 3 aromatic rings. The summed E-state index contributed by atoms with van der Waals surface area (Å²) in [4.78, 5) is 30.1. The van der Waals surface area contributed by atoms with Crippen molar-refractivity contribution in [3.63, 3.8) is 0 Å². The Morgan fingerprint density at radius 3 is 2.81 bits per heavy atom. The van der Waals surface area contributed by atoms with Gasteiger partial charge in [0.2, 0.25) is 5.91 Å². The first-order chi connectivity index (χ1) is 14.9. The maximum Gasteiger partial charge on any atom is 0.326 e. The summed E-state index contributed by atoms with van der Waals surface area (Å²) in [7, 11) is 0. The summed E-state index contributed by atoms with van der Waals surface area (Å²) >= 11 is 6.62. The number of H-pyrrole nitrogens is 1. The van der Waals surface area contributed by atoms with Gasteiger partial charge in [0.25, 0.3) is 0 Å². The van der Waals surface area contributed by atoms with Crippen LogP contribution in [-0.4, -0.2) is 44.5 Å². The number of fused-ring (bicyclic) bond motifs is 2. The number of nitriles is 1. The molecular weight excluding hydrogens is 420 g/mol. The Bertz CT molecular complexity index is 1250. The number of pyridine rings is 1. The van der Waals surface area contributed by atoms with Gasteiger partial charge in [0.15, 0.2) is 5.75 Å². The minimum absolute atomic E-state index is 0.0285. The monoisotopic (exact) mass is 438 g/mol. The lowest BCUT2D eigenvalue weighted by Crippen LogP contribution is -2.47. The molecule has 1 aliphatic carbocycles. The van der Waals surface area contributed by atoms with Crippen LogP contribution in [0.3, 0.4) is 0 Å².